The molecule has 6 heteroatoms. The van der Waals surface area contributed by atoms with Gasteiger partial charge in [-0.3, -0.25) is 0 Å². The van der Waals surface area contributed by atoms with Gasteiger partial charge in [0.2, 0.25) is 0 Å². The van der Waals surface area contributed by atoms with Crippen LogP contribution in [0.3, 0.4) is 0 Å². The van der Waals surface area contributed by atoms with Gasteiger partial charge in [0.1, 0.15) is 5.82 Å². The zero-order valence-electron chi connectivity index (χ0n) is 12.4. The summed E-state index contributed by atoms with van der Waals surface area (Å²) < 4.78 is 36.6. The predicted molar refractivity (Wildman–Crippen MR) is 81.5 cm³/mol. The van der Waals surface area contributed by atoms with Crippen molar-refractivity contribution in [2.24, 2.45) is 0 Å². The number of nitrogens with one attached hydrogen (secondary N) is 1. The Morgan fingerprint density at radius 2 is 1.95 bits per heavy atom. The van der Waals surface area contributed by atoms with Crippen LogP contribution in [0.15, 0.2) is 12.1 Å². The molecule has 1 atom stereocenters. The van der Waals surface area contributed by atoms with E-state index in [-0.39, 0.29) is 5.02 Å². The highest BCUT2D eigenvalue weighted by Crippen LogP contribution is 2.36. The molecular weight excluding hydrogens is 301 g/mol. The standard InChI is InChI=1S/C14H21ClFNO2S/c1-6-17-13(14(3,4)20(5,18)19)10-7-9(2)12(16)8-11(10)15/h7-8,13,17H,6H2,1-5H3. The lowest BCUT2D eigenvalue weighted by Crippen LogP contribution is -2.45. The molecule has 0 heterocycles. The Hall–Kier alpha value is -0.650. The summed E-state index contributed by atoms with van der Waals surface area (Å²) >= 11 is 6.11. The summed E-state index contributed by atoms with van der Waals surface area (Å²) in [5.74, 6) is -0.397. The number of sulfone groups is 1. The second-order valence-electron chi connectivity index (χ2n) is 5.49. The van der Waals surface area contributed by atoms with Gasteiger partial charge in [-0.25, -0.2) is 12.8 Å². The van der Waals surface area contributed by atoms with Gasteiger partial charge in [0, 0.05) is 11.3 Å². The smallest absolute Gasteiger partial charge is 0.154 e. The molecule has 0 aromatic heterocycles. The Morgan fingerprint density at radius 1 is 1.40 bits per heavy atom. The Morgan fingerprint density at radius 3 is 2.40 bits per heavy atom. The largest absolute Gasteiger partial charge is 0.309 e. The summed E-state index contributed by atoms with van der Waals surface area (Å²) in [4.78, 5) is 0. The molecule has 1 unspecified atom stereocenters. The summed E-state index contributed by atoms with van der Waals surface area (Å²) in [6, 6.07) is 2.33. The SMILES string of the molecule is CCNC(c1cc(C)c(F)cc1Cl)C(C)(C)S(C)(=O)=O. The van der Waals surface area contributed by atoms with E-state index in [1.165, 1.54) is 12.3 Å². The van der Waals surface area contributed by atoms with E-state index in [4.69, 9.17) is 11.6 Å². The van der Waals surface area contributed by atoms with E-state index in [9.17, 15) is 12.8 Å². The molecule has 0 saturated heterocycles. The molecule has 0 radical (unpaired) electrons. The van der Waals surface area contributed by atoms with E-state index >= 15 is 0 Å². The minimum absolute atomic E-state index is 0.232. The molecular formula is C14H21ClFNO2S. The first-order valence-electron chi connectivity index (χ1n) is 6.41. The van der Waals surface area contributed by atoms with Crippen molar-refractivity contribution < 1.29 is 12.8 Å². The average Bonchev–Trinajstić information content (AvgIpc) is 2.29. The number of aryl methyl sites for hydroxylation is 1. The summed E-state index contributed by atoms with van der Waals surface area (Å²) in [6.07, 6.45) is 1.20. The summed E-state index contributed by atoms with van der Waals surface area (Å²) in [7, 11) is -3.33. The maximum atomic E-state index is 13.5. The third-order valence-corrected chi connectivity index (χ3v) is 6.12. The monoisotopic (exact) mass is 321 g/mol. The topological polar surface area (TPSA) is 46.2 Å². The van der Waals surface area contributed by atoms with Crippen molar-refractivity contribution in [3.05, 3.63) is 34.1 Å². The van der Waals surface area contributed by atoms with Crippen molar-refractivity contribution in [2.45, 2.75) is 38.5 Å². The molecule has 3 nitrogen and oxygen atoms in total. The van der Waals surface area contributed by atoms with Crippen molar-refractivity contribution in [3.63, 3.8) is 0 Å². The molecule has 1 aromatic carbocycles. The number of halogens is 2. The molecule has 0 aliphatic carbocycles. The lowest BCUT2D eigenvalue weighted by atomic mass is 9.93. The molecule has 1 aromatic rings. The Bertz CT molecular complexity index is 599. The molecule has 0 fully saturated rings. The third kappa shape index (κ3) is 3.32. The lowest BCUT2D eigenvalue weighted by Gasteiger charge is -2.34. The normalized spacial score (nSPS) is 14.3. The molecule has 1 rings (SSSR count). The Labute approximate surface area is 125 Å². The van der Waals surface area contributed by atoms with Crippen LogP contribution in [0.4, 0.5) is 4.39 Å². The molecule has 0 amide bonds. The van der Waals surface area contributed by atoms with Crippen molar-refractivity contribution >= 4 is 21.4 Å². The van der Waals surface area contributed by atoms with Crippen LogP contribution in [0.1, 0.15) is 37.9 Å². The van der Waals surface area contributed by atoms with Gasteiger partial charge in [-0.2, -0.15) is 0 Å². The number of hydrogen-bond acceptors (Lipinski definition) is 3. The Balaban J connectivity index is 3.46. The molecule has 114 valence electrons. The van der Waals surface area contributed by atoms with Crippen LogP contribution < -0.4 is 5.32 Å². The van der Waals surface area contributed by atoms with Gasteiger partial charge in [0.15, 0.2) is 9.84 Å². The molecule has 0 bridgehead atoms. The predicted octanol–water partition coefficient (Wildman–Crippen LogP) is 3.26. The number of rotatable bonds is 5. The van der Waals surface area contributed by atoms with Gasteiger partial charge in [0.05, 0.1) is 10.8 Å². The van der Waals surface area contributed by atoms with E-state index < -0.39 is 26.4 Å². The first-order chi connectivity index (χ1) is 9.02. The zero-order valence-corrected chi connectivity index (χ0v) is 14.0. The second-order valence-corrected chi connectivity index (χ2v) is 8.49. The van der Waals surface area contributed by atoms with E-state index in [1.807, 2.05) is 6.92 Å². The quantitative estimate of drug-likeness (QED) is 0.905. The van der Waals surface area contributed by atoms with Crippen molar-refractivity contribution in [2.75, 3.05) is 12.8 Å². The Kier molecular flexibility index (Phi) is 5.22. The second kappa shape index (κ2) is 6.00. The van der Waals surface area contributed by atoms with Crippen LogP contribution in [0.2, 0.25) is 5.02 Å². The first-order valence-corrected chi connectivity index (χ1v) is 8.67. The molecule has 0 aliphatic rings. The fourth-order valence-electron chi connectivity index (χ4n) is 2.05. The van der Waals surface area contributed by atoms with Crippen LogP contribution in [-0.4, -0.2) is 26.0 Å². The maximum absolute atomic E-state index is 13.5. The van der Waals surface area contributed by atoms with Crippen LogP contribution >= 0.6 is 11.6 Å². The van der Waals surface area contributed by atoms with Crippen LogP contribution in [-0.2, 0) is 9.84 Å². The fraction of sp³-hybridized carbons (Fsp3) is 0.571. The van der Waals surface area contributed by atoms with Gasteiger partial charge >= 0.3 is 0 Å². The van der Waals surface area contributed by atoms with E-state index in [1.54, 1.807) is 26.8 Å². The first kappa shape index (κ1) is 17.4. The lowest BCUT2D eigenvalue weighted by molar-refractivity contribution is 0.427. The summed E-state index contributed by atoms with van der Waals surface area (Å²) in [5.41, 5.74) is 1.04. The van der Waals surface area contributed by atoms with Crippen LogP contribution in [0, 0.1) is 12.7 Å². The van der Waals surface area contributed by atoms with Crippen LogP contribution in [0.5, 0.6) is 0 Å². The molecule has 0 spiro atoms. The molecule has 0 aliphatic heterocycles. The van der Waals surface area contributed by atoms with Crippen molar-refractivity contribution in [3.8, 4) is 0 Å². The summed E-state index contributed by atoms with van der Waals surface area (Å²) in [6.45, 7) is 7.38. The minimum atomic E-state index is -3.33. The number of benzene rings is 1. The highest BCUT2D eigenvalue weighted by atomic mass is 35.5. The fourth-order valence-corrected chi connectivity index (χ4v) is 2.95. The highest BCUT2D eigenvalue weighted by Gasteiger charge is 2.40. The molecule has 0 saturated carbocycles. The van der Waals surface area contributed by atoms with E-state index in [0.717, 1.165) is 0 Å². The number of hydrogen-bond donors (Lipinski definition) is 1. The molecule has 20 heavy (non-hydrogen) atoms. The average molecular weight is 322 g/mol. The van der Waals surface area contributed by atoms with Gasteiger partial charge in [-0.1, -0.05) is 24.6 Å². The van der Waals surface area contributed by atoms with Gasteiger partial charge in [-0.15, -0.1) is 0 Å². The summed E-state index contributed by atoms with van der Waals surface area (Å²) in [5, 5.41) is 3.38. The van der Waals surface area contributed by atoms with Crippen molar-refractivity contribution in [1.29, 1.82) is 0 Å². The van der Waals surface area contributed by atoms with E-state index in [0.29, 0.717) is 17.7 Å². The minimum Gasteiger partial charge on any atom is -0.309 e. The molecule has 1 N–H and O–H groups in total. The third-order valence-electron chi connectivity index (χ3n) is 3.65. The van der Waals surface area contributed by atoms with Gasteiger partial charge < -0.3 is 5.32 Å². The maximum Gasteiger partial charge on any atom is 0.154 e. The van der Waals surface area contributed by atoms with Crippen LogP contribution in [0.25, 0.3) is 0 Å². The zero-order chi connectivity index (χ0) is 15.7. The van der Waals surface area contributed by atoms with Crippen molar-refractivity contribution in [1.82, 2.24) is 5.32 Å². The van der Waals surface area contributed by atoms with E-state index in [2.05, 4.69) is 5.32 Å². The highest BCUT2D eigenvalue weighted by molar-refractivity contribution is 7.92. The van der Waals surface area contributed by atoms with Gasteiger partial charge in [0.25, 0.3) is 0 Å². The van der Waals surface area contributed by atoms with Gasteiger partial charge in [-0.05, 0) is 44.5 Å².